The second kappa shape index (κ2) is 6.93. The van der Waals surface area contributed by atoms with Gasteiger partial charge in [0.05, 0.1) is 28.6 Å². The van der Waals surface area contributed by atoms with Crippen molar-refractivity contribution in [3.05, 3.63) is 57.7 Å². The number of nitrogens with zero attached hydrogens (tertiary/aromatic N) is 1. The van der Waals surface area contributed by atoms with Crippen LogP contribution in [-0.4, -0.2) is 26.0 Å². The Balaban J connectivity index is 1.81. The molecule has 1 aromatic heterocycles. The second-order valence-corrected chi connectivity index (χ2v) is 8.29. The summed E-state index contributed by atoms with van der Waals surface area (Å²) < 4.78 is 34.0. The Hall–Kier alpha value is -2.65. The second-order valence-electron chi connectivity index (χ2n) is 5.61. The Morgan fingerprint density at radius 1 is 1.23 bits per heavy atom. The number of aryl methyl sites for hydroxylation is 1. The number of carbonyl (C=O) groups excluding carboxylic acids is 1. The summed E-state index contributed by atoms with van der Waals surface area (Å²) in [5, 5.41) is 0. The van der Waals surface area contributed by atoms with E-state index in [2.05, 4.69) is 4.72 Å². The van der Waals surface area contributed by atoms with Gasteiger partial charge in [-0.3, -0.25) is 9.59 Å². The van der Waals surface area contributed by atoms with Crippen LogP contribution in [0.15, 0.2) is 52.2 Å². The Labute approximate surface area is 153 Å². The molecule has 2 aromatic carbocycles. The van der Waals surface area contributed by atoms with Crippen molar-refractivity contribution in [1.82, 2.24) is 9.29 Å². The Kier molecular flexibility index (Phi) is 4.84. The maximum atomic E-state index is 12.5. The fraction of sp³-hybridized carbons (Fsp3) is 0.176. The van der Waals surface area contributed by atoms with Crippen molar-refractivity contribution in [3.8, 4) is 5.75 Å². The van der Waals surface area contributed by atoms with Crippen molar-refractivity contribution in [2.75, 3.05) is 7.11 Å². The number of nitrogens with one attached hydrogen (secondary N) is 1. The summed E-state index contributed by atoms with van der Waals surface area (Å²) in [6, 6.07) is 11.1. The average Bonchev–Trinajstić information content (AvgIpc) is 2.88. The fourth-order valence-electron chi connectivity index (χ4n) is 2.49. The zero-order valence-electron chi connectivity index (χ0n) is 14.1. The number of amides is 1. The van der Waals surface area contributed by atoms with Crippen molar-refractivity contribution >= 4 is 37.5 Å². The highest BCUT2D eigenvalue weighted by Crippen LogP contribution is 2.21. The number of rotatable bonds is 5. The van der Waals surface area contributed by atoms with Crippen LogP contribution in [0.1, 0.15) is 5.56 Å². The third-order valence-electron chi connectivity index (χ3n) is 3.82. The smallest absolute Gasteiger partial charge is 0.307 e. The molecule has 0 fully saturated rings. The van der Waals surface area contributed by atoms with E-state index < -0.39 is 15.9 Å². The number of thiazole rings is 1. The number of fused-ring (bicyclic) bond motifs is 1. The van der Waals surface area contributed by atoms with E-state index in [1.54, 1.807) is 37.4 Å². The van der Waals surface area contributed by atoms with E-state index in [-0.39, 0.29) is 16.2 Å². The zero-order chi connectivity index (χ0) is 18.9. The highest BCUT2D eigenvalue weighted by atomic mass is 32.2. The molecule has 9 heteroatoms. The van der Waals surface area contributed by atoms with Crippen LogP contribution in [0.2, 0.25) is 0 Å². The van der Waals surface area contributed by atoms with Gasteiger partial charge in [0.2, 0.25) is 5.91 Å². The molecule has 26 heavy (non-hydrogen) atoms. The predicted octanol–water partition coefficient (Wildman–Crippen LogP) is 1.66. The number of hydrogen-bond acceptors (Lipinski definition) is 6. The average molecular weight is 392 g/mol. The van der Waals surface area contributed by atoms with Gasteiger partial charge in [-0.15, -0.1) is 0 Å². The third kappa shape index (κ3) is 3.63. The summed E-state index contributed by atoms with van der Waals surface area (Å²) in [5.41, 5.74) is 1.27. The minimum absolute atomic E-state index is 0.0640. The molecule has 3 aromatic rings. The molecule has 3 rings (SSSR count). The number of ether oxygens (including phenoxy) is 1. The van der Waals surface area contributed by atoms with Gasteiger partial charge in [0, 0.05) is 7.05 Å². The van der Waals surface area contributed by atoms with Gasteiger partial charge in [-0.2, -0.15) is 0 Å². The van der Waals surface area contributed by atoms with E-state index in [0.717, 1.165) is 11.3 Å². The summed E-state index contributed by atoms with van der Waals surface area (Å²) in [6.45, 7) is 0. The lowest BCUT2D eigenvalue weighted by Gasteiger charge is -2.08. The number of methoxy groups -OCH3 is 1. The van der Waals surface area contributed by atoms with Gasteiger partial charge in [-0.25, -0.2) is 13.1 Å². The summed E-state index contributed by atoms with van der Waals surface area (Å²) in [7, 11) is -0.898. The molecule has 0 aliphatic heterocycles. The van der Waals surface area contributed by atoms with E-state index in [0.29, 0.717) is 21.5 Å². The molecule has 0 aliphatic rings. The fourth-order valence-corrected chi connectivity index (χ4v) is 4.50. The van der Waals surface area contributed by atoms with Gasteiger partial charge in [0.15, 0.2) is 0 Å². The van der Waals surface area contributed by atoms with Crippen molar-refractivity contribution < 1.29 is 17.9 Å². The van der Waals surface area contributed by atoms with Gasteiger partial charge < -0.3 is 9.30 Å². The Morgan fingerprint density at radius 3 is 2.73 bits per heavy atom. The van der Waals surface area contributed by atoms with Crippen molar-refractivity contribution in [2.24, 2.45) is 7.05 Å². The first-order valence-electron chi connectivity index (χ1n) is 7.58. The number of hydrogen-bond donors (Lipinski definition) is 1. The van der Waals surface area contributed by atoms with Crippen LogP contribution in [0.3, 0.4) is 0 Å². The van der Waals surface area contributed by atoms with Crippen molar-refractivity contribution in [1.29, 1.82) is 0 Å². The van der Waals surface area contributed by atoms with Crippen LogP contribution >= 0.6 is 11.3 Å². The van der Waals surface area contributed by atoms with Gasteiger partial charge in [0.25, 0.3) is 10.0 Å². The molecule has 0 aliphatic carbocycles. The molecule has 7 nitrogen and oxygen atoms in total. The van der Waals surface area contributed by atoms with Crippen LogP contribution in [-0.2, 0) is 28.3 Å². The maximum absolute atomic E-state index is 12.5. The minimum atomic E-state index is -4.03. The van der Waals surface area contributed by atoms with E-state index in [1.165, 1.54) is 23.8 Å². The molecule has 136 valence electrons. The Bertz CT molecular complexity index is 1150. The molecule has 1 heterocycles. The molecule has 0 unspecified atom stereocenters. The van der Waals surface area contributed by atoms with Crippen LogP contribution < -0.4 is 14.3 Å². The van der Waals surface area contributed by atoms with Crippen molar-refractivity contribution in [2.45, 2.75) is 11.3 Å². The van der Waals surface area contributed by atoms with E-state index in [9.17, 15) is 18.0 Å². The maximum Gasteiger partial charge on any atom is 0.307 e. The molecular formula is C17H16N2O5S2. The highest BCUT2D eigenvalue weighted by Gasteiger charge is 2.19. The molecule has 0 atom stereocenters. The standard InChI is InChI=1S/C17H16N2O5S2/c1-19-14-7-6-13(10-15(14)25-17(19)21)26(22,23)18-16(20)9-11-4-3-5-12(8-11)24-2/h3-8,10H,9H2,1-2H3,(H,18,20). The van der Waals surface area contributed by atoms with E-state index in [4.69, 9.17) is 4.74 Å². The predicted molar refractivity (Wildman–Crippen MR) is 99.1 cm³/mol. The monoisotopic (exact) mass is 392 g/mol. The topological polar surface area (TPSA) is 94.5 Å². The summed E-state index contributed by atoms with van der Waals surface area (Å²) in [5.74, 6) is -0.0674. The minimum Gasteiger partial charge on any atom is -0.497 e. The van der Waals surface area contributed by atoms with Gasteiger partial charge in [-0.1, -0.05) is 23.5 Å². The number of aromatic nitrogens is 1. The number of sulfonamides is 1. The lowest BCUT2D eigenvalue weighted by molar-refractivity contribution is -0.118. The molecule has 0 bridgehead atoms. The summed E-state index contributed by atoms with van der Waals surface area (Å²) in [4.78, 5) is 23.6. The van der Waals surface area contributed by atoms with E-state index in [1.807, 2.05) is 0 Å². The number of carbonyl (C=O) groups is 1. The summed E-state index contributed by atoms with van der Waals surface area (Å²) in [6.07, 6.45) is -0.0999. The van der Waals surface area contributed by atoms with Crippen LogP contribution in [0.5, 0.6) is 5.75 Å². The molecule has 0 saturated heterocycles. The van der Waals surface area contributed by atoms with Gasteiger partial charge in [-0.05, 0) is 35.9 Å². The lowest BCUT2D eigenvalue weighted by Crippen LogP contribution is -2.31. The van der Waals surface area contributed by atoms with Crippen molar-refractivity contribution in [3.63, 3.8) is 0 Å². The van der Waals surface area contributed by atoms with Crippen LogP contribution in [0.4, 0.5) is 0 Å². The number of benzene rings is 2. The third-order valence-corrected chi connectivity index (χ3v) is 6.19. The largest absolute Gasteiger partial charge is 0.497 e. The normalized spacial score (nSPS) is 11.5. The quantitative estimate of drug-likeness (QED) is 0.713. The molecule has 0 spiro atoms. The van der Waals surface area contributed by atoms with E-state index >= 15 is 0 Å². The van der Waals surface area contributed by atoms with Crippen LogP contribution in [0.25, 0.3) is 10.2 Å². The van der Waals surface area contributed by atoms with Gasteiger partial charge in [0.1, 0.15) is 5.75 Å². The Morgan fingerprint density at radius 2 is 2.00 bits per heavy atom. The molecule has 0 saturated carbocycles. The van der Waals surface area contributed by atoms with Gasteiger partial charge >= 0.3 is 4.87 Å². The lowest BCUT2D eigenvalue weighted by atomic mass is 10.1. The SMILES string of the molecule is COc1cccc(CC(=O)NS(=O)(=O)c2ccc3c(c2)sc(=O)n3C)c1. The zero-order valence-corrected chi connectivity index (χ0v) is 15.7. The molecule has 1 amide bonds. The van der Waals surface area contributed by atoms with Crippen LogP contribution in [0, 0.1) is 0 Å². The molecule has 0 radical (unpaired) electrons. The highest BCUT2D eigenvalue weighted by molar-refractivity contribution is 7.90. The molecular weight excluding hydrogens is 376 g/mol. The first kappa shape index (κ1) is 18.2. The first-order chi connectivity index (χ1) is 12.3. The molecule has 1 N–H and O–H groups in total. The summed E-state index contributed by atoms with van der Waals surface area (Å²) >= 11 is 0.951. The first-order valence-corrected chi connectivity index (χ1v) is 9.88.